The molecule has 0 saturated heterocycles. The molecule has 0 spiro atoms. The first-order valence-corrected chi connectivity index (χ1v) is 14.6. The van der Waals surface area contributed by atoms with Crippen LogP contribution in [-0.2, 0) is 30.6 Å². The number of aliphatic hydroxyl groups excluding tert-OH is 1. The fourth-order valence-electron chi connectivity index (χ4n) is 5.57. The zero-order valence-electron chi connectivity index (χ0n) is 24.9. The third-order valence-corrected chi connectivity index (χ3v) is 8.06. The molecule has 0 saturated carbocycles. The third kappa shape index (κ3) is 6.54. The van der Waals surface area contributed by atoms with Crippen molar-refractivity contribution in [2.24, 2.45) is 16.7 Å². The molecule has 2 aliphatic heterocycles. The van der Waals surface area contributed by atoms with Crippen LogP contribution in [0, 0.1) is 16.7 Å². The van der Waals surface area contributed by atoms with Crippen LogP contribution in [0.25, 0.3) is 6.08 Å². The van der Waals surface area contributed by atoms with Gasteiger partial charge in [-0.1, -0.05) is 98.2 Å². The molecule has 3 atom stereocenters. The lowest BCUT2D eigenvalue weighted by atomic mass is 9.84. The number of nitrogens with one attached hydrogen (secondary N) is 1. The van der Waals surface area contributed by atoms with Crippen molar-refractivity contribution in [1.82, 2.24) is 0 Å². The molecule has 2 heterocycles. The minimum atomic E-state index is -0.574. The number of anilines is 1. The molecule has 3 aliphatic rings. The predicted octanol–water partition coefficient (Wildman–Crippen LogP) is 8.80. The summed E-state index contributed by atoms with van der Waals surface area (Å²) in [6.07, 6.45) is 11.5. The van der Waals surface area contributed by atoms with Gasteiger partial charge >= 0.3 is 0 Å². The van der Waals surface area contributed by atoms with E-state index in [-0.39, 0.29) is 16.9 Å². The van der Waals surface area contributed by atoms with Crippen LogP contribution in [0.5, 0.6) is 0 Å². The molecule has 5 rings (SSSR count). The van der Waals surface area contributed by atoms with Crippen molar-refractivity contribution in [3.63, 3.8) is 0 Å². The average molecular weight is 516 g/mol. The van der Waals surface area contributed by atoms with Gasteiger partial charge in [-0.15, -0.1) is 0 Å². The van der Waals surface area contributed by atoms with Gasteiger partial charge in [-0.3, -0.25) is 0 Å². The van der Waals surface area contributed by atoms with E-state index in [0.717, 1.165) is 31.4 Å². The number of rotatable bonds is 6. The Kier molecular flexibility index (Phi) is 8.47. The molecular formula is C35H49NO2. The minimum Gasteiger partial charge on any atom is -0.493 e. The van der Waals surface area contributed by atoms with Gasteiger partial charge in [-0.25, -0.2) is 0 Å². The average Bonchev–Trinajstić information content (AvgIpc) is 2.83. The highest BCUT2D eigenvalue weighted by atomic mass is 16.5. The molecule has 3 unspecified atom stereocenters. The van der Waals surface area contributed by atoms with Gasteiger partial charge in [0.05, 0.1) is 12.1 Å². The van der Waals surface area contributed by atoms with Crippen LogP contribution in [0.15, 0.2) is 48.2 Å². The number of benzene rings is 2. The van der Waals surface area contributed by atoms with E-state index < -0.39 is 6.10 Å². The molecule has 0 aromatic heterocycles. The lowest BCUT2D eigenvalue weighted by molar-refractivity contribution is 0.0859. The van der Waals surface area contributed by atoms with Crippen molar-refractivity contribution in [1.29, 1.82) is 0 Å². The topological polar surface area (TPSA) is 41.5 Å². The van der Waals surface area contributed by atoms with Crippen LogP contribution in [0.1, 0.15) is 108 Å². The second-order valence-electron chi connectivity index (χ2n) is 13.7. The van der Waals surface area contributed by atoms with Crippen molar-refractivity contribution < 1.29 is 9.84 Å². The van der Waals surface area contributed by atoms with Crippen LogP contribution in [0.3, 0.4) is 0 Å². The van der Waals surface area contributed by atoms with Crippen LogP contribution in [0.4, 0.5) is 5.69 Å². The predicted molar refractivity (Wildman–Crippen MR) is 161 cm³/mol. The largest absolute Gasteiger partial charge is 0.493 e. The number of hydrogen-bond acceptors (Lipinski definition) is 3. The van der Waals surface area contributed by atoms with Gasteiger partial charge in [0.2, 0.25) is 0 Å². The van der Waals surface area contributed by atoms with E-state index in [1.807, 2.05) is 6.08 Å². The first kappa shape index (κ1) is 28.5. The second kappa shape index (κ2) is 11.3. The van der Waals surface area contributed by atoms with E-state index >= 15 is 0 Å². The van der Waals surface area contributed by atoms with E-state index in [4.69, 9.17) is 4.74 Å². The van der Waals surface area contributed by atoms with Crippen molar-refractivity contribution in [3.05, 3.63) is 81.6 Å². The zero-order valence-corrected chi connectivity index (χ0v) is 24.9. The molecule has 6 bridgehead atoms. The lowest BCUT2D eigenvalue weighted by Crippen LogP contribution is -2.26. The van der Waals surface area contributed by atoms with Gasteiger partial charge in [-0.05, 0) is 77.0 Å². The molecule has 3 heteroatoms. The van der Waals surface area contributed by atoms with E-state index in [9.17, 15) is 5.11 Å². The third-order valence-electron chi connectivity index (χ3n) is 8.06. The van der Waals surface area contributed by atoms with Gasteiger partial charge in [0.15, 0.2) is 0 Å². The fourth-order valence-corrected chi connectivity index (χ4v) is 5.57. The van der Waals surface area contributed by atoms with Crippen LogP contribution in [0.2, 0.25) is 0 Å². The zero-order chi connectivity index (χ0) is 27.7. The standard InChI is InChI=1S/C35H49NO2/c1-9-11-25-19-24-15-14-23(2)18-26-12-10-13-30-27(26)16-17-31(36-30)28(20-24)29(25)22-38-33(35(6,7)8)21-32(37)34(3,4)5/h10,12-13,16-17,19-21,23,31-32,36-37H,9,11,14-15,18,22H2,1-8H3/b33-21-. The smallest absolute Gasteiger partial charge is 0.113 e. The second-order valence-corrected chi connectivity index (χ2v) is 13.7. The summed E-state index contributed by atoms with van der Waals surface area (Å²) >= 11 is 0. The van der Waals surface area contributed by atoms with Gasteiger partial charge in [0.1, 0.15) is 12.4 Å². The monoisotopic (exact) mass is 515 g/mol. The van der Waals surface area contributed by atoms with E-state index in [2.05, 4.69) is 103 Å². The molecule has 206 valence electrons. The summed E-state index contributed by atoms with van der Waals surface area (Å²) in [5.74, 6) is 1.48. The Morgan fingerprint density at radius 3 is 2.61 bits per heavy atom. The first-order chi connectivity index (χ1) is 17.9. The Morgan fingerprint density at radius 1 is 1.16 bits per heavy atom. The maximum Gasteiger partial charge on any atom is 0.113 e. The molecule has 0 radical (unpaired) electrons. The molecule has 2 N–H and O–H groups in total. The molecule has 0 amide bonds. The normalized spacial score (nSPS) is 20.4. The lowest BCUT2D eigenvalue weighted by Gasteiger charge is -2.31. The molecule has 2 aromatic rings. The number of ether oxygens (including phenoxy) is 1. The molecule has 3 nitrogen and oxygen atoms in total. The van der Waals surface area contributed by atoms with E-state index in [0.29, 0.717) is 12.5 Å². The summed E-state index contributed by atoms with van der Waals surface area (Å²) in [7, 11) is 0. The van der Waals surface area contributed by atoms with Crippen LogP contribution < -0.4 is 5.32 Å². The molecule has 1 aliphatic carbocycles. The van der Waals surface area contributed by atoms with Crippen molar-refractivity contribution >= 4 is 11.8 Å². The van der Waals surface area contributed by atoms with Crippen molar-refractivity contribution in [2.75, 3.05) is 5.32 Å². The Hall–Kier alpha value is -2.52. The summed E-state index contributed by atoms with van der Waals surface area (Å²) in [6, 6.07) is 11.7. The Bertz CT molecular complexity index is 1190. The minimum absolute atomic E-state index is 0.103. The maximum absolute atomic E-state index is 10.9. The summed E-state index contributed by atoms with van der Waals surface area (Å²) in [5, 5.41) is 14.7. The number of hydrogen-bond donors (Lipinski definition) is 2. The highest BCUT2D eigenvalue weighted by Gasteiger charge is 2.28. The van der Waals surface area contributed by atoms with Gasteiger partial charge < -0.3 is 15.2 Å². The van der Waals surface area contributed by atoms with Gasteiger partial charge in [-0.2, -0.15) is 0 Å². The SMILES string of the molecule is CCCc1cc2cc(c1CO/C(=C\C(O)C(C)(C)C)C(C)(C)C)C1C=Cc3c(cccc3N1)CC(C)CC2. The van der Waals surface area contributed by atoms with Gasteiger partial charge in [0.25, 0.3) is 0 Å². The number of allylic oxidation sites excluding steroid dienone is 1. The maximum atomic E-state index is 10.9. The van der Waals surface area contributed by atoms with Crippen LogP contribution >= 0.6 is 0 Å². The molecule has 0 fully saturated rings. The summed E-state index contributed by atoms with van der Waals surface area (Å²) in [4.78, 5) is 0. The van der Waals surface area contributed by atoms with Crippen molar-refractivity contribution in [2.45, 2.75) is 106 Å². The number of fused-ring (bicyclic) bond motifs is 3. The summed E-state index contributed by atoms with van der Waals surface area (Å²) < 4.78 is 6.64. The molecule has 38 heavy (non-hydrogen) atoms. The Balaban J connectivity index is 1.77. The van der Waals surface area contributed by atoms with Crippen LogP contribution in [-0.4, -0.2) is 11.2 Å². The number of aliphatic hydroxyl groups is 1. The van der Waals surface area contributed by atoms with Crippen molar-refractivity contribution in [3.8, 4) is 0 Å². The summed E-state index contributed by atoms with van der Waals surface area (Å²) in [5.41, 5.74) is 8.97. The molecular weight excluding hydrogens is 466 g/mol. The Morgan fingerprint density at radius 2 is 1.92 bits per heavy atom. The first-order valence-electron chi connectivity index (χ1n) is 14.6. The number of aryl methyl sites for hydroxylation is 2. The molecule has 2 aromatic carbocycles. The Labute approximate surface area is 231 Å². The fraction of sp³-hybridized carbons (Fsp3) is 0.543. The van der Waals surface area contributed by atoms with E-state index in [1.165, 1.54) is 45.5 Å². The highest BCUT2D eigenvalue weighted by Crippen LogP contribution is 2.38. The van der Waals surface area contributed by atoms with E-state index in [1.54, 1.807) is 0 Å². The summed E-state index contributed by atoms with van der Waals surface area (Å²) in [6.45, 7) is 17.8. The van der Waals surface area contributed by atoms with Gasteiger partial charge in [0, 0.05) is 16.7 Å². The highest BCUT2D eigenvalue weighted by molar-refractivity contribution is 5.74. The quantitative estimate of drug-likeness (QED) is 0.378.